The monoisotopic (exact) mass is 372 g/mol. The molecule has 0 radical (unpaired) electrons. The maximum atomic E-state index is 12.3. The average Bonchev–Trinajstić information content (AvgIpc) is 2.62. The summed E-state index contributed by atoms with van der Waals surface area (Å²) >= 11 is 0. The fourth-order valence-electron chi connectivity index (χ4n) is 2.71. The molecule has 0 aliphatic rings. The van der Waals surface area contributed by atoms with Crippen molar-refractivity contribution in [1.82, 2.24) is 5.32 Å². The maximum Gasteiger partial charge on any atom is 0.475 e. The Morgan fingerprint density at radius 2 is 1.78 bits per heavy atom. The highest BCUT2D eigenvalue weighted by Gasteiger charge is 2.27. The van der Waals surface area contributed by atoms with Crippen LogP contribution >= 0.6 is 0 Å². The van der Waals surface area contributed by atoms with E-state index in [9.17, 15) is 24.7 Å². The summed E-state index contributed by atoms with van der Waals surface area (Å²) in [7, 11) is -1.89. The van der Waals surface area contributed by atoms with Crippen molar-refractivity contribution in [2.24, 2.45) is 5.73 Å². The van der Waals surface area contributed by atoms with Crippen LogP contribution in [0.1, 0.15) is 27.0 Å². The molecule has 1 atom stereocenters. The number of aromatic hydroxyl groups is 1. The van der Waals surface area contributed by atoms with Crippen molar-refractivity contribution in [2.75, 3.05) is 0 Å². The first-order valence-corrected chi connectivity index (χ1v) is 8.29. The lowest BCUT2D eigenvalue weighted by atomic mass is 9.75. The van der Waals surface area contributed by atoms with Gasteiger partial charge < -0.3 is 31.3 Å². The number of aromatic carboxylic acids is 1. The summed E-state index contributed by atoms with van der Waals surface area (Å²) in [6.07, 6.45) is -0.141. The molecule has 8 nitrogen and oxygen atoms in total. The molecule has 0 saturated heterocycles. The molecule has 0 aliphatic heterocycles. The van der Waals surface area contributed by atoms with Crippen LogP contribution in [-0.2, 0) is 24.2 Å². The maximum absolute atomic E-state index is 12.3. The molecule has 0 aliphatic carbocycles. The molecule has 0 heterocycles. The first-order valence-electron chi connectivity index (χ1n) is 8.29. The Morgan fingerprint density at radius 3 is 2.41 bits per heavy atom. The van der Waals surface area contributed by atoms with Gasteiger partial charge in [-0.3, -0.25) is 4.79 Å². The molecule has 0 saturated carbocycles. The van der Waals surface area contributed by atoms with Crippen molar-refractivity contribution >= 4 is 19.0 Å². The summed E-state index contributed by atoms with van der Waals surface area (Å²) in [5.41, 5.74) is 7.04. The van der Waals surface area contributed by atoms with Crippen molar-refractivity contribution in [3.63, 3.8) is 0 Å². The van der Waals surface area contributed by atoms with Gasteiger partial charge in [-0.2, -0.15) is 0 Å². The number of nitrogens with two attached hydrogens (primary N) is 1. The van der Waals surface area contributed by atoms with E-state index >= 15 is 0 Å². The van der Waals surface area contributed by atoms with Crippen LogP contribution in [0, 0.1) is 0 Å². The molecule has 1 unspecified atom stereocenters. The van der Waals surface area contributed by atoms with Crippen LogP contribution in [0.3, 0.4) is 0 Å². The van der Waals surface area contributed by atoms with Crippen LogP contribution in [0.25, 0.3) is 0 Å². The molecule has 2 rings (SSSR count). The fourth-order valence-corrected chi connectivity index (χ4v) is 2.71. The minimum absolute atomic E-state index is 0.0121. The number of phenols is 1. The van der Waals surface area contributed by atoms with Gasteiger partial charge in [-0.1, -0.05) is 36.4 Å². The number of amides is 1. The van der Waals surface area contributed by atoms with Crippen LogP contribution < -0.4 is 11.1 Å². The van der Waals surface area contributed by atoms with Crippen molar-refractivity contribution in [2.45, 2.75) is 25.3 Å². The number of carboxylic acids is 1. The van der Waals surface area contributed by atoms with Gasteiger partial charge in [0.05, 0.1) is 12.4 Å². The van der Waals surface area contributed by atoms with E-state index in [1.807, 2.05) is 6.07 Å². The van der Waals surface area contributed by atoms with Crippen LogP contribution in [0.5, 0.6) is 5.75 Å². The second kappa shape index (κ2) is 9.18. The predicted molar refractivity (Wildman–Crippen MR) is 98.9 cm³/mol. The summed E-state index contributed by atoms with van der Waals surface area (Å²) in [5.74, 6) is -3.35. The third kappa shape index (κ3) is 5.55. The van der Waals surface area contributed by atoms with E-state index in [0.717, 1.165) is 11.1 Å². The van der Waals surface area contributed by atoms with Gasteiger partial charge in [-0.05, 0) is 29.2 Å². The van der Waals surface area contributed by atoms with E-state index in [1.165, 1.54) is 18.2 Å². The number of para-hydroxylation sites is 1. The first-order chi connectivity index (χ1) is 12.8. The zero-order valence-corrected chi connectivity index (χ0v) is 14.5. The third-order valence-electron chi connectivity index (χ3n) is 4.09. The van der Waals surface area contributed by atoms with Gasteiger partial charge in [-0.15, -0.1) is 0 Å². The Hall–Kier alpha value is -2.88. The van der Waals surface area contributed by atoms with E-state index in [-0.39, 0.29) is 24.0 Å². The molecule has 142 valence electrons. The van der Waals surface area contributed by atoms with Crippen LogP contribution in [-0.4, -0.2) is 45.2 Å². The van der Waals surface area contributed by atoms with E-state index in [2.05, 4.69) is 5.32 Å². The van der Waals surface area contributed by atoms with Gasteiger partial charge in [0.2, 0.25) is 5.91 Å². The highest BCUT2D eigenvalue weighted by Crippen LogP contribution is 2.24. The molecule has 2 aromatic rings. The van der Waals surface area contributed by atoms with Gasteiger partial charge in [0, 0.05) is 6.54 Å². The molecule has 9 heteroatoms. The molecule has 0 fully saturated rings. The van der Waals surface area contributed by atoms with Crippen molar-refractivity contribution in [3.8, 4) is 5.75 Å². The molecule has 0 spiro atoms. The largest absolute Gasteiger partial charge is 0.507 e. The Labute approximate surface area is 156 Å². The van der Waals surface area contributed by atoms with Gasteiger partial charge >= 0.3 is 13.1 Å². The smallest absolute Gasteiger partial charge is 0.475 e. The van der Waals surface area contributed by atoms with Crippen molar-refractivity contribution in [3.05, 3.63) is 64.7 Å². The summed E-state index contributed by atoms with van der Waals surface area (Å²) in [4.78, 5) is 23.3. The third-order valence-corrected chi connectivity index (χ3v) is 4.09. The number of rotatable bonds is 8. The molecular weight excluding hydrogens is 351 g/mol. The molecular formula is C18H21BN2O6. The minimum atomic E-state index is -1.89. The number of benzene rings is 2. The predicted octanol–water partition coefficient (Wildman–Crippen LogP) is -0.169. The Bertz CT molecular complexity index is 827. The molecule has 1 amide bonds. The molecule has 2 aromatic carbocycles. The number of carbonyl (C=O) groups is 2. The molecule has 7 N–H and O–H groups in total. The highest BCUT2D eigenvalue weighted by molar-refractivity contribution is 6.43. The number of carboxylic acid groups (broad SMARTS) is 1. The van der Waals surface area contributed by atoms with Crippen molar-refractivity contribution < 1.29 is 29.9 Å². The Balaban J connectivity index is 2.10. The Morgan fingerprint density at radius 1 is 1.11 bits per heavy atom. The van der Waals surface area contributed by atoms with E-state index in [1.54, 1.807) is 18.2 Å². The quantitative estimate of drug-likeness (QED) is 0.352. The average molecular weight is 372 g/mol. The molecule has 0 aromatic heterocycles. The summed E-state index contributed by atoms with van der Waals surface area (Å²) < 4.78 is 0. The number of hydrogen-bond acceptors (Lipinski definition) is 6. The minimum Gasteiger partial charge on any atom is -0.507 e. The van der Waals surface area contributed by atoms with Gasteiger partial charge in [0.15, 0.2) is 0 Å². The number of carbonyl (C=O) groups excluding carboxylic acids is 1. The summed E-state index contributed by atoms with van der Waals surface area (Å²) in [6.45, 7) is 0.340. The van der Waals surface area contributed by atoms with E-state index in [4.69, 9.17) is 10.8 Å². The first kappa shape index (κ1) is 20.4. The lowest BCUT2D eigenvalue weighted by Gasteiger charge is -2.19. The fraction of sp³-hybridized carbons (Fsp3) is 0.222. The SMILES string of the molecule is NCc1cccc(CC(=O)NC(Cc2cccc(C(=O)O)c2O)B(O)O)c1. The van der Waals surface area contributed by atoms with E-state index < -0.39 is 30.7 Å². The topological polar surface area (TPSA) is 153 Å². The van der Waals surface area contributed by atoms with Gasteiger partial charge in [0.1, 0.15) is 11.3 Å². The second-order valence-corrected chi connectivity index (χ2v) is 6.11. The summed E-state index contributed by atoms with van der Waals surface area (Å²) in [5, 5.41) is 40.7. The van der Waals surface area contributed by atoms with Crippen LogP contribution in [0.15, 0.2) is 42.5 Å². The number of nitrogens with one attached hydrogen (secondary N) is 1. The lowest BCUT2D eigenvalue weighted by Crippen LogP contribution is -2.48. The van der Waals surface area contributed by atoms with Crippen LogP contribution in [0.4, 0.5) is 0 Å². The Kier molecular flexibility index (Phi) is 6.94. The van der Waals surface area contributed by atoms with Gasteiger partial charge in [0.25, 0.3) is 0 Å². The highest BCUT2D eigenvalue weighted by atomic mass is 16.4. The second-order valence-electron chi connectivity index (χ2n) is 6.11. The zero-order valence-electron chi connectivity index (χ0n) is 14.5. The van der Waals surface area contributed by atoms with Crippen LogP contribution in [0.2, 0.25) is 0 Å². The lowest BCUT2D eigenvalue weighted by molar-refractivity contribution is -0.120. The summed E-state index contributed by atoms with van der Waals surface area (Å²) in [6, 6.07) is 11.3. The molecule has 27 heavy (non-hydrogen) atoms. The standard InChI is InChI=1S/C18H21BN2O6/c20-10-12-4-1-3-11(7-12)8-16(22)21-15(19(26)27)9-13-5-2-6-14(17(13)23)18(24)25/h1-7,15,23,26-27H,8-10,20H2,(H,21,22)(H,24,25). The number of hydrogen-bond donors (Lipinski definition) is 6. The zero-order chi connectivity index (χ0) is 20.0. The van der Waals surface area contributed by atoms with Gasteiger partial charge in [-0.25, -0.2) is 4.79 Å². The normalized spacial score (nSPS) is 11.7. The van der Waals surface area contributed by atoms with E-state index in [0.29, 0.717) is 6.54 Å². The molecule has 0 bridgehead atoms. The van der Waals surface area contributed by atoms with Crippen molar-refractivity contribution in [1.29, 1.82) is 0 Å².